The minimum Gasteiger partial charge on any atom is -0.366 e. The molecule has 2 aliphatic heterocycles. The van der Waals surface area contributed by atoms with E-state index >= 15 is 0 Å². The second-order valence-electron chi connectivity index (χ2n) is 11.8. The van der Waals surface area contributed by atoms with E-state index in [1.54, 1.807) is 6.07 Å². The lowest BCUT2D eigenvalue weighted by molar-refractivity contribution is 0.0972. The Morgan fingerprint density at radius 2 is 1.50 bits per heavy atom. The zero-order valence-corrected chi connectivity index (χ0v) is 26.4. The van der Waals surface area contributed by atoms with E-state index in [1.165, 1.54) is 35.1 Å². The molecule has 0 aliphatic carbocycles. The Labute approximate surface area is 263 Å². The van der Waals surface area contributed by atoms with Gasteiger partial charge in [0.15, 0.2) is 5.78 Å². The molecule has 0 aromatic heterocycles. The van der Waals surface area contributed by atoms with Gasteiger partial charge in [-0.25, -0.2) is 0 Å². The molecular weight excluding hydrogens is 565 g/mol. The van der Waals surface area contributed by atoms with Gasteiger partial charge < -0.3 is 5.73 Å². The maximum Gasteiger partial charge on any atom is 0.248 e. The Hall–Kier alpha value is -2.70. The van der Waals surface area contributed by atoms with E-state index in [9.17, 15) is 9.59 Å². The SMILES string of the molecule is Cc1ccccc1CN1CCc2ccc(C(=O)CCCC3CCN(Cc4cccc(C(N)=O)c4)CC3)cc2CC1.Cl.Cl. The van der Waals surface area contributed by atoms with E-state index in [1.807, 2.05) is 12.1 Å². The van der Waals surface area contributed by atoms with E-state index < -0.39 is 0 Å². The van der Waals surface area contributed by atoms with Crippen LogP contribution in [0.4, 0.5) is 0 Å². The molecule has 0 spiro atoms. The van der Waals surface area contributed by atoms with Crippen LogP contribution in [0, 0.1) is 12.8 Å². The van der Waals surface area contributed by atoms with Crippen LogP contribution < -0.4 is 5.73 Å². The number of carbonyl (C=O) groups excluding carboxylic acids is 2. The molecule has 2 aliphatic rings. The molecule has 226 valence electrons. The van der Waals surface area contributed by atoms with Crippen molar-refractivity contribution in [2.45, 2.75) is 65.0 Å². The first-order valence-electron chi connectivity index (χ1n) is 15.0. The molecule has 2 N–H and O–H groups in total. The number of piperidine rings is 1. The number of carbonyl (C=O) groups is 2. The van der Waals surface area contributed by atoms with Crippen LogP contribution in [0.5, 0.6) is 0 Å². The van der Waals surface area contributed by atoms with Crippen LogP contribution >= 0.6 is 24.8 Å². The zero-order chi connectivity index (χ0) is 27.9. The summed E-state index contributed by atoms with van der Waals surface area (Å²) < 4.78 is 0. The lowest BCUT2D eigenvalue weighted by Crippen LogP contribution is -2.33. The first-order valence-corrected chi connectivity index (χ1v) is 15.0. The maximum absolute atomic E-state index is 13.1. The number of nitrogens with two attached hydrogens (primary N) is 1. The number of primary amides is 1. The second-order valence-corrected chi connectivity index (χ2v) is 11.8. The molecule has 0 saturated carbocycles. The maximum atomic E-state index is 13.1. The average Bonchev–Trinajstić information content (AvgIpc) is 3.17. The van der Waals surface area contributed by atoms with Crippen molar-refractivity contribution in [2.24, 2.45) is 11.7 Å². The van der Waals surface area contributed by atoms with Gasteiger partial charge in [0.1, 0.15) is 0 Å². The Morgan fingerprint density at radius 1 is 0.786 bits per heavy atom. The summed E-state index contributed by atoms with van der Waals surface area (Å²) in [5, 5.41) is 0. The number of amides is 1. The highest BCUT2D eigenvalue weighted by molar-refractivity contribution is 5.96. The molecule has 3 aromatic carbocycles. The Balaban J connectivity index is 0.00000242. The number of Topliss-reactive ketones (excluding diaryl/α,β-unsaturated/α-hetero) is 1. The summed E-state index contributed by atoms with van der Waals surface area (Å²) >= 11 is 0. The van der Waals surface area contributed by atoms with Crippen LogP contribution in [0.1, 0.15) is 80.6 Å². The van der Waals surface area contributed by atoms with Gasteiger partial charge in [-0.2, -0.15) is 0 Å². The van der Waals surface area contributed by atoms with Crippen molar-refractivity contribution in [2.75, 3.05) is 26.2 Å². The quantitative estimate of drug-likeness (QED) is 0.257. The van der Waals surface area contributed by atoms with Crippen LogP contribution in [-0.4, -0.2) is 47.7 Å². The first-order chi connectivity index (χ1) is 19.4. The monoisotopic (exact) mass is 609 g/mol. The summed E-state index contributed by atoms with van der Waals surface area (Å²) in [6, 6.07) is 22.8. The van der Waals surface area contributed by atoms with Gasteiger partial charge in [-0.05, 0) is 110 Å². The van der Waals surface area contributed by atoms with Crippen molar-refractivity contribution in [1.82, 2.24) is 9.80 Å². The standard InChI is InChI=1S/C35H43N3O2.2ClH/c1-26-6-2-3-9-33(26)25-38-20-16-29-12-13-31(23-30(29)17-21-38)34(39)11-5-7-27-14-18-37(19-15-27)24-28-8-4-10-32(22-28)35(36)40;;/h2-4,6,8-10,12-13,22-23,27H,5,7,11,14-21,24-25H2,1H3,(H2,36,40);2*1H. The van der Waals surface area contributed by atoms with Crippen molar-refractivity contribution < 1.29 is 9.59 Å². The number of ketones is 1. The van der Waals surface area contributed by atoms with Crippen molar-refractivity contribution in [3.05, 3.63) is 106 Å². The molecule has 0 radical (unpaired) electrons. The Kier molecular flexibility index (Phi) is 13.1. The number of hydrogen-bond donors (Lipinski definition) is 1. The minimum absolute atomic E-state index is 0. The number of hydrogen-bond acceptors (Lipinski definition) is 4. The number of benzene rings is 3. The zero-order valence-electron chi connectivity index (χ0n) is 24.7. The molecule has 0 atom stereocenters. The van der Waals surface area contributed by atoms with Crippen LogP contribution in [0.3, 0.4) is 0 Å². The number of nitrogens with zero attached hydrogens (tertiary/aromatic N) is 2. The van der Waals surface area contributed by atoms with E-state index in [0.717, 1.165) is 76.1 Å². The third-order valence-corrected chi connectivity index (χ3v) is 8.92. The van der Waals surface area contributed by atoms with Gasteiger partial charge in [0.2, 0.25) is 5.91 Å². The van der Waals surface area contributed by atoms with Crippen LogP contribution in [0.15, 0.2) is 66.7 Å². The fourth-order valence-electron chi connectivity index (χ4n) is 6.34. The largest absolute Gasteiger partial charge is 0.366 e. The number of fused-ring (bicyclic) bond motifs is 1. The normalized spacial score (nSPS) is 16.0. The fraction of sp³-hybridized carbons (Fsp3) is 0.429. The minimum atomic E-state index is -0.374. The molecular formula is C35H45Cl2N3O2. The van der Waals surface area contributed by atoms with Gasteiger partial charge in [-0.1, -0.05) is 48.5 Å². The predicted molar refractivity (Wildman–Crippen MR) is 176 cm³/mol. The molecule has 42 heavy (non-hydrogen) atoms. The lowest BCUT2D eigenvalue weighted by atomic mass is 9.90. The summed E-state index contributed by atoms with van der Waals surface area (Å²) in [6.45, 7) is 8.26. The molecule has 7 heteroatoms. The van der Waals surface area contributed by atoms with E-state index in [2.05, 4.69) is 65.3 Å². The smallest absolute Gasteiger partial charge is 0.248 e. The number of rotatable bonds is 10. The average molecular weight is 611 g/mol. The van der Waals surface area contributed by atoms with Crippen molar-refractivity contribution in [3.8, 4) is 0 Å². The first kappa shape index (κ1) is 33.8. The van der Waals surface area contributed by atoms with Crippen LogP contribution in [0.2, 0.25) is 0 Å². The second kappa shape index (κ2) is 16.2. The molecule has 5 rings (SSSR count). The predicted octanol–water partition coefficient (Wildman–Crippen LogP) is 6.80. The van der Waals surface area contributed by atoms with Crippen molar-refractivity contribution in [1.29, 1.82) is 0 Å². The van der Waals surface area contributed by atoms with Gasteiger partial charge in [0.25, 0.3) is 0 Å². The molecule has 1 fully saturated rings. The molecule has 1 saturated heterocycles. The summed E-state index contributed by atoms with van der Waals surface area (Å²) in [7, 11) is 0. The van der Waals surface area contributed by atoms with E-state index in [4.69, 9.17) is 5.73 Å². The highest BCUT2D eigenvalue weighted by Crippen LogP contribution is 2.25. The summed E-state index contributed by atoms with van der Waals surface area (Å²) in [6.07, 6.45) is 7.11. The van der Waals surface area contributed by atoms with Crippen LogP contribution in [0.25, 0.3) is 0 Å². The fourth-order valence-corrected chi connectivity index (χ4v) is 6.34. The van der Waals surface area contributed by atoms with Crippen LogP contribution in [-0.2, 0) is 25.9 Å². The molecule has 3 aromatic rings. The van der Waals surface area contributed by atoms with Gasteiger partial charge in [0.05, 0.1) is 0 Å². The van der Waals surface area contributed by atoms with Gasteiger partial charge in [-0.15, -0.1) is 24.8 Å². The molecule has 0 unspecified atom stereocenters. The van der Waals surface area contributed by atoms with Crippen molar-refractivity contribution in [3.63, 3.8) is 0 Å². The van der Waals surface area contributed by atoms with Gasteiger partial charge in [-0.3, -0.25) is 19.4 Å². The molecule has 1 amide bonds. The Morgan fingerprint density at radius 3 is 2.24 bits per heavy atom. The Bertz CT molecular complexity index is 1340. The third-order valence-electron chi connectivity index (χ3n) is 8.92. The van der Waals surface area contributed by atoms with Crippen molar-refractivity contribution >= 4 is 36.5 Å². The highest BCUT2D eigenvalue weighted by Gasteiger charge is 2.21. The number of aryl methyl sites for hydroxylation is 1. The summed E-state index contributed by atoms with van der Waals surface area (Å²) in [4.78, 5) is 29.6. The van der Waals surface area contributed by atoms with Gasteiger partial charge in [0, 0.05) is 43.7 Å². The topological polar surface area (TPSA) is 66.6 Å². The summed E-state index contributed by atoms with van der Waals surface area (Å²) in [5.74, 6) is 0.601. The molecule has 5 nitrogen and oxygen atoms in total. The lowest BCUT2D eigenvalue weighted by Gasteiger charge is -2.32. The number of likely N-dealkylation sites (tertiary alicyclic amines) is 1. The van der Waals surface area contributed by atoms with E-state index in [-0.39, 0.29) is 36.5 Å². The number of halogens is 2. The third kappa shape index (κ3) is 9.15. The highest BCUT2D eigenvalue weighted by atomic mass is 35.5. The molecule has 2 heterocycles. The van der Waals surface area contributed by atoms with E-state index in [0.29, 0.717) is 17.9 Å². The van der Waals surface area contributed by atoms with Gasteiger partial charge >= 0.3 is 0 Å². The molecule has 0 bridgehead atoms. The summed E-state index contributed by atoms with van der Waals surface area (Å²) in [5.41, 5.74) is 13.5.